The maximum Gasteiger partial charge on any atom is 0.258 e. The highest BCUT2D eigenvalue weighted by Gasteiger charge is 2.13. The van der Waals surface area contributed by atoms with Crippen molar-refractivity contribution in [2.24, 2.45) is 0 Å². The van der Waals surface area contributed by atoms with Crippen LogP contribution in [0.3, 0.4) is 0 Å². The summed E-state index contributed by atoms with van der Waals surface area (Å²) >= 11 is 16.0. The number of carbonyl (C=O) groups excluding carboxylic acids is 2. The van der Waals surface area contributed by atoms with Gasteiger partial charge in [-0.25, -0.2) is 4.98 Å². The Balaban J connectivity index is 1.67. The molecule has 0 unspecified atom stereocenters. The standard InChI is InChI=1S/C19H16BrClN4O2S2/c1-2-3-16(26)24-19-23-14-7-5-11(9-15(14)29-19)22-18(28)25-17(27)12-8-10(20)4-6-13(12)21/h4-9H,2-3H2,1H3,(H,23,24,26)(H2,22,25,27,28). The summed E-state index contributed by atoms with van der Waals surface area (Å²) < 4.78 is 1.62. The molecule has 6 nitrogen and oxygen atoms in total. The maximum atomic E-state index is 12.4. The lowest BCUT2D eigenvalue weighted by atomic mass is 10.2. The van der Waals surface area contributed by atoms with Gasteiger partial charge in [-0.3, -0.25) is 14.9 Å². The van der Waals surface area contributed by atoms with Crippen LogP contribution >= 0.6 is 51.1 Å². The van der Waals surface area contributed by atoms with Gasteiger partial charge in [-0.1, -0.05) is 45.8 Å². The first kappa shape index (κ1) is 21.6. The van der Waals surface area contributed by atoms with Crippen LogP contribution in [-0.2, 0) is 4.79 Å². The SMILES string of the molecule is CCCC(=O)Nc1nc2ccc(NC(=S)NC(=O)c3cc(Br)ccc3Cl)cc2s1. The predicted octanol–water partition coefficient (Wildman–Crippen LogP) is 5.58. The summed E-state index contributed by atoms with van der Waals surface area (Å²) in [5, 5.41) is 9.41. The van der Waals surface area contributed by atoms with Crippen molar-refractivity contribution in [3.8, 4) is 0 Å². The summed E-state index contributed by atoms with van der Waals surface area (Å²) in [7, 11) is 0. The van der Waals surface area contributed by atoms with Crippen LogP contribution in [0, 0.1) is 0 Å². The molecule has 0 atom stereocenters. The molecule has 150 valence electrons. The van der Waals surface area contributed by atoms with Crippen LogP contribution in [0.15, 0.2) is 40.9 Å². The molecule has 3 N–H and O–H groups in total. The smallest absolute Gasteiger partial charge is 0.258 e. The quantitative estimate of drug-likeness (QED) is 0.390. The van der Waals surface area contributed by atoms with E-state index in [1.807, 2.05) is 19.1 Å². The van der Waals surface area contributed by atoms with Gasteiger partial charge in [0.15, 0.2) is 10.2 Å². The fourth-order valence-electron chi connectivity index (χ4n) is 2.47. The van der Waals surface area contributed by atoms with E-state index in [1.54, 1.807) is 24.3 Å². The van der Waals surface area contributed by atoms with E-state index in [0.717, 1.165) is 21.1 Å². The lowest BCUT2D eigenvalue weighted by molar-refractivity contribution is -0.116. The second-order valence-electron chi connectivity index (χ2n) is 6.03. The topological polar surface area (TPSA) is 83.1 Å². The number of hydrogen-bond acceptors (Lipinski definition) is 5. The molecule has 3 rings (SSSR count). The maximum absolute atomic E-state index is 12.4. The number of nitrogens with zero attached hydrogens (tertiary/aromatic N) is 1. The largest absolute Gasteiger partial charge is 0.332 e. The number of anilines is 2. The molecule has 0 aliphatic rings. The Morgan fingerprint density at radius 2 is 2.00 bits per heavy atom. The summed E-state index contributed by atoms with van der Waals surface area (Å²) in [6.45, 7) is 1.95. The zero-order chi connectivity index (χ0) is 21.0. The van der Waals surface area contributed by atoms with E-state index in [1.165, 1.54) is 11.3 Å². The molecule has 0 spiro atoms. The van der Waals surface area contributed by atoms with Crippen LogP contribution in [0.4, 0.5) is 10.8 Å². The number of amides is 2. The van der Waals surface area contributed by atoms with E-state index in [2.05, 4.69) is 36.9 Å². The Labute approximate surface area is 190 Å². The zero-order valence-corrected chi connectivity index (χ0v) is 19.2. The first-order valence-corrected chi connectivity index (χ1v) is 11.0. The summed E-state index contributed by atoms with van der Waals surface area (Å²) in [6, 6.07) is 10.5. The van der Waals surface area contributed by atoms with Gasteiger partial charge in [-0.2, -0.15) is 0 Å². The summed E-state index contributed by atoms with van der Waals surface area (Å²) in [5.41, 5.74) is 1.78. The number of benzene rings is 2. The van der Waals surface area contributed by atoms with E-state index in [4.69, 9.17) is 23.8 Å². The second kappa shape index (κ2) is 9.62. The van der Waals surface area contributed by atoms with Crippen molar-refractivity contribution in [3.63, 3.8) is 0 Å². The number of halogens is 2. The van der Waals surface area contributed by atoms with Crippen LogP contribution in [0.5, 0.6) is 0 Å². The monoisotopic (exact) mass is 510 g/mol. The van der Waals surface area contributed by atoms with Gasteiger partial charge in [0.25, 0.3) is 5.91 Å². The average Bonchev–Trinajstić information content (AvgIpc) is 3.05. The lowest BCUT2D eigenvalue weighted by Gasteiger charge is -2.10. The van der Waals surface area contributed by atoms with Gasteiger partial charge >= 0.3 is 0 Å². The molecule has 2 amide bonds. The van der Waals surface area contributed by atoms with Gasteiger partial charge in [-0.05, 0) is 55.0 Å². The highest BCUT2D eigenvalue weighted by Crippen LogP contribution is 2.28. The minimum absolute atomic E-state index is 0.0556. The molecule has 0 radical (unpaired) electrons. The summed E-state index contributed by atoms with van der Waals surface area (Å²) in [6.07, 6.45) is 1.23. The van der Waals surface area contributed by atoms with Crippen LogP contribution in [-0.4, -0.2) is 21.9 Å². The molecular weight excluding hydrogens is 496 g/mol. The van der Waals surface area contributed by atoms with Crippen molar-refractivity contribution < 1.29 is 9.59 Å². The average molecular weight is 512 g/mol. The van der Waals surface area contributed by atoms with Crippen LogP contribution in [0.2, 0.25) is 5.02 Å². The van der Waals surface area contributed by atoms with E-state index in [9.17, 15) is 9.59 Å². The van der Waals surface area contributed by atoms with Gasteiger partial charge in [0, 0.05) is 16.6 Å². The number of rotatable bonds is 5. The Kier molecular flexibility index (Phi) is 7.18. The molecule has 1 aromatic heterocycles. The Hall–Kier alpha value is -2.07. The molecule has 0 aliphatic carbocycles. The molecule has 10 heteroatoms. The minimum Gasteiger partial charge on any atom is -0.332 e. The van der Waals surface area contributed by atoms with E-state index in [0.29, 0.717) is 27.8 Å². The van der Waals surface area contributed by atoms with Gasteiger partial charge < -0.3 is 10.6 Å². The molecular formula is C19H16BrClN4O2S2. The highest BCUT2D eigenvalue weighted by molar-refractivity contribution is 9.10. The molecule has 2 aromatic carbocycles. The normalized spacial score (nSPS) is 10.6. The Morgan fingerprint density at radius 3 is 2.76 bits per heavy atom. The first-order chi connectivity index (χ1) is 13.9. The molecule has 1 heterocycles. The summed E-state index contributed by atoms with van der Waals surface area (Å²) in [4.78, 5) is 28.5. The zero-order valence-electron chi connectivity index (χ0n) is 15.2. The molecule has 0 aliphatic heterocycles. The number of carbonyl (C=O) groups is 2. The lowest BCUT2D eigenvalue weighted by Crippen LogP contribution is -2.34. The van der Waals surface area contributed by atoms with Gasteiger partial charge in [-0.15, -0.1) is 0 Å². The molecule has 0 bridgehead atoms. The number of hydrogen-bond donors (Lipinski definition) is 3. The third-order valence-corrected chi connectivity index (χ3v) is 5.73. The second-order valence-corrected chi connectivity index (χ2v) is 8.79. The van der Waals surface area contributed by atoms with Crippen molar-refractivity contribution in [2.45, 2.75) is 19.8 Å². The van der Waals surface area contributed by atoms with Crippen LogP contribution in [0.25, 0.3) is 10.2 Å². The van der Waals surface area contributed by atoms with Gasteiger partial charge in [0.2, 0.25) is 5.91 Å². The molecule has 3 aromatic rings. The number of fused-ring (bicyclic) bond motifs is 1. The third kappa shape index (κ3) is 5.72. The first-order valence-electron chi connectivity index (χ1n) is 8.63. The Morgan fingerprint density at radius 1 is 1.21 bits per heavy atom. The summed E-state index contributed by atoms with van der Waals surface area (Å²) in [5.74, 6) is -0.464. The van der Waals surface area contributed by atoms with Crippen molar-refractivity contribution in [1.29, 1.82) is 0 Å². The number of aromatic nitrogens is 1. The molecule has 0 saturated carbocycles. The number of thiazole rings is 1. The number of nitrogens with one attached hydrogen (secondary N) is 3. The molecule has 0 fully saturated rings. The Bertz CT molecular complexity index is 1100. The fraction of sp³-hybridized carbons (Fsp3) is 0.158. The van der Waals surface area contributed by atoms with Crippen molar-refractivity contribution in [3.05, 3.63) is 51.5 Å². The van der Waals surface area contributed by atoms with Crippen LogP contribution < -0.4 is 16.0 Å². The highest BCUT2D eigenvalue weighted by atomic mass is 79.9. The molecule has 0 saturated heterocycles. The third-order valence-electron chi connectivity index (χ3n) is 3.77. The van der Waals surface area contributed by atoms with Crippen LogP contribution in [0.1, 0.15) is 30.1 Å². The molecule has 29 heavy (non-hydrogen) atoms. The fourth-order valence-corrected chi connectivity index (χ4v) is 4.17. The van der Waals surface area contributed by atoms with Gasteiger partial charge in [0.1, 0.15) is 0 Å². The van der Waals surface area contributed by atoms with E-state index >= 15 is 0 Å². The van der Waals surface area contributed by atoms with E-state index in [-0.39, 0.29) is 11.0 Å². The van der Waals surface area contributed by atoms with Crippen molar-refractivity contribution in [1.82, 2.24) is 10.3 Å². The minimum atomic E-state index is -0.409. The van der Waals surface area contributed by atoms with Gasteiger partial charge in [0.05, 0.1) is 20.8 Å². The van der Waals surface area contributed by atoms with Crippen molar-refractivity contribution in [2.75, 3.05) is 10.6 Å². The van der Waals surface area contributed by atoms with E-state index < -0.39 is 5.91 Å². The van der Waals surface area contributed by atoms with Crippen molar-refractivity contribution >= 4 is 89.0 Å². The predicted molar refractivity (Wildman–Crippen MR) is 126 cm³/mol. The number of thiocarbonyl (C=S) groups is 1.